The molecule has 1 aliphatic rings. The monoisotopic (exact) mass is 118 g/mol. The lowest BCUT2D eigenvalue weighted by atomic mass is 10.5. The van der Waals surface area contributed by atoms with Crippen LogP contribution in [0, 0.1) is 0 Å². The predicted octanol–water partition coefficient (Wildman–Crippen LogP) is -1.49. The van der Waals surface area contributed by atoms with E-state index in [-0.39, 0.29) is 0 Å². The lowest BCUT2D eigenvalue weighted by Crippen LogP contribution is -2.44. The molecule has 1 saturated heterocycles. The van der Waals surface area contributed by atoms with E-state index in [1.54, 1.807) is 5.12 Å². The Hall–Kier alpha value is -0.200. The molecule has 0 saturated carbocycles. The summed E-state index contributed by atoms with van der Waals surface area (Å²) in [5, 5.41) is 1.69. The number of hydrogen-bond acceptors (Lipinski definition) is 5. The first-order valence-electron chi connectivity index (χ1n) is 2.56. The number of nitrogens with zero attached hydrogens (tertiary/aromatic N) is 1. The summed E-state index contributed by atoms with van der Waals surface area (Å²) in [5.41, 5.74) is 5.42. The Bertz CT molecular complexity index is 62.3. The van der Waals surface area contributed by atoms with Gasteiger partial charge >= 0.3 is 0 Å². The van der Waals surface area contributed by atoms with E-state index in [4.69, 9.17) is 5.90 Å². The number of nitrogens with two attached hydrogens (primary N) is 1. The molecule has 4 N–H and O–H groups in total. The third-order valence-electron chi connectivity index (χ3n) is 1.02. The maximum atomic E-state index is 4.72. The Morgan fingerprint density at radius 3 is 3.12 bits per heavy atom. The smallest absolute Gasteiger partial charge is 0.0324 e. The average molecular weight is 118 g/mol. The fraction of sp³-hybridized carbons (Fsp3) is 1.00. The molecule has 1 fully saturated rings. The number of hydrogen-bond donors (Lipinski definition) is 3. The van der Waals surface area contributed by atoms with Gasteiger partial charge in [-0.15, -0.1) is 5.59 Å². The SMILES string of the molecule is NONN1CCCN1. The first kappa shape index (κ1) is 5.93. The molecular weight excluding hydrogens is 108 g/mol. The van der Waals surface area contributed by atoms with Crippen LogP contribution in [0.2, 0.25) is 0 Å². The third kappa shape index (κ3) is 1.39. The van der Waals surface area contributed by atoms with E-state index in [1.165, 1.54) is 0 Å². The highest BCUT2D eigenvalue weighted by atomic mass is 16.8. The molecule has 8 heavy (non-hydrogen) atoms. The minimum absolute atomic E-state index is 0.928. The van der Waals surface area contributed by atoms with E-state index in [1.807, 2.05) is 0 Å². The summed E-state index contributed by atoms with van der Waals surface area (Å²) in [6, 6.07) is 0. The van der Waals surface area contributed by atoms with Crippen molar-refractivity contribution in [3.8, 4) is 0 Å². The van der Waals surface area contributed by atoms with E-state index >= 15 is 0 Å². The fourth-order valence-electron chi connectivity index (χ4n) is 0.672. The summed E-state index contributed by atoms with van der Waals surface area (Å²) in [5.74, 6) is 4.72. The van der Waals surface area contributed by atoms with Crippen molar-refractivity contribution in [1.82, 2.24) is 16.1 Å². The molecule has 5 heteroatoms. The zero-order chi connectivity index (χ0) is 5.82. The Balaban J connectivity index is 2.06. The van der Waals surface area contributed by atoms with Gasteiger partial charge in [-0.2, -0.15) is 11.0 Å². The van der Waals surface area contributed by atoms with E-state index < -0.39 is 0 Å². The Morgan fingerprint density at radius 1 is 1.75 bits per heavy atom. The van der Waals surface area contributed by atoms with Crippen LogP contribution in [0.5, 0.6) is 0 Å². The van der Waals surface area contributed by atoms with Crippen molar-refractivity contribution in [2.75, 3.05) is 13.1 Å². The van der Waals surface area contributed by atoms with Gasteiger partial charge in [0.25, 0.3) is 0 Å². The van der Waals surface area contributed by atoms with Crippen molar-refractivity contribution in [1.29, 1.82) is 0 Å². The van der Waals surface area contributed by atoms with E-state index in [9.17, 15) is 0 Å². The second kappa shape index (κ2) is 2.95. The van der Waals surface area contributed by atoms with Crippen LogP contribution in [0.3, 0.4) is 0 Å². The lowest BCUT2D eigenvalue weighted by Gasteiger charge is -2.12. The molecule has 0 aromatic heterocycles. The molecule has 0 amide bonds. The maximum Gasteiger partial charge on any atom is 0.0324 e. The largest absolute Gasteiger partial charge is 0.240 e. The molecule has 0 spiro atoms. The molecule has 0 aromatic rings. The van der Waals surface area contributed by atoms with Crippen molar-refractivity contribution < 1.29 is 4.94 Å². The summed E-state index contributed by atoms with van der Waals surface area (Å²) in [6.45, 7) is 1.91. The molecule has 1 heterocycles. The van der Waals surface area contributed by atoms with Gasteiger partial charge in [0, 0.05) is 13.1 Å². The molecule has 0 bridgehead atoms. The van der Waals surface area contributed by atoms with Crippen LogP contribution in [-0.2, 0) is 4.94 Å². The Labute approximate surface area is 47.6 Å². The van der Waals surface area contributed by atoms with Gasteiger partial charge in [-0.25, -0.2) is 10.4 Å². The van der Waals surface area contributed by atoms with Gasteiger partial charge in [-0.3, -0.25) is 0 Å². The van der Waals surface area contributed by atoms with Gasteiger partial charge < -0.3 is 0 Å². The van der Waals surface area contributed by atoms with Gasteiger partial charge in [0.05, 0.1) is 0 Å². The number of hydrazine groups is 2. The van der Waals surface area contributed by atoms with Crippen LogP contribution in [0.1, 0.15) is 6.42 Å². The fourth-order valence-corrected chi connectivity index (χ4v) is 0.672. The molecule has 5 nitrogen and oxygen atoms in total. The molecule has 0 aliphatic carbocycles. The van der Waals surface area contributed by atoms with E-state index in [2.05, 4.69) is 16.0 Å². The second-order valence-corrected chi connectivity index (χ2v) is 1.62. The van der Waals surface area contributed by atoms with Crippen molar-refractivity contribution in [2.45, 2.75) is 6.42 Å². The van der Waals surface area contributed by atoms with Crippen LogP contribution in [-0.4, -0.2) is 18.2 Å². The highest BCUT2D eigenvalue weighted by Crippen LogP contribution is 1.89. The Kier molecular flexibility index (Phi) is 2.19. The minimum atomic E-state index is 0.928. The summed E-state index contributed by atoms with van der Waals surface area (Å²) in [4.78, 5) is 4.14. The Morgan fingerprint density at radius 2 is 2.62 bits per heavy atom. The minimum Gasteiger partial charge on any atom is -0.240 e. The molecule has 0 aromatic carbocycles. The summed E-state index contributed by atoms with van der Waals surface area (Å²) in [6.07, 6.45) is 1.12. The predicted molar refractivity (Wildman–Crippen MR) is 27.7 cm³/mol. The average Bonchev–Trinajstić information content (AvgIpc) is 2.19. The normalized spacial score (nSPS) is 22.1. The molecule has 1 aliphatic heterocycles. The van der Waals surface area contributed by atoms with Crippen LogP contribution < -0.4 is 16.9 Å². The molecule has 0 atom stereocenters. The molecule has 48 valence electrons. The van der Waals surface area contributed by atoms with E-state index in [0.29, 0.717) is 0 Å². The maximum absolute atomic E-state index is 4.72. The topological polar surface area (TPSA) is 62.6 Å². The molecule has 0 radical (unpaired) electrons. The van der Waals surface area contributed by atoms with Crippen LogP contribution in [0.15, 0.2) is 0 Å². The van der Waals surface area contributed by atoms with Gasteiger partial charge in [-0.1, -0.05) is 0 Å². The highest BCUT2D eigenvalue weighted by Gasteiger charge is 2.08. The summed E-state index contributed by atoms with van der Waals surface area (Å²) >= 11 is 0. The quantitative estimate of drug-likeness (QED) is 0.385. The molecule has 0 unspecified atom stereocenters. The van der Waals surface area contributed by atoms with Crippen molar-refractivity contribution in [3.63, 3.8) is 0 Å². The lowest BCUT2D eigenvalue weighted by molar-refractivity contribution is -0.0968. The van der Waals surface area contributed by atoms with Gasteiger partial charge in [-0.05, 0) is 6.42 Å². The van der Waals surface area contributed by atoms with Crippen LogP contribution in [0.4, 0.5) is 0 Å². The zero-order valence-corrected chi connectivity index (χ0v) is 4.55. The van der Waals surface area contributed by atoms with Crippen molar-refractivity contribution in [2.24, 2.45) is 5.90 Å². The first-order valence-corrected chi connectivity index (χ1v) is 2.56. The van der Waals surface area contributed by atoms with Crippen molar-refractivity contribution in [3.05, 3.63) is 0 Å². The van der Waals surface area contributed by atoms with Gasteiger partial charge in [0.1, 0.15) is 0 Å². The van der Waals surface area contributed by atoms with Crippen LogP contribution >= 0.6 is 0 Å². The molecular formula is C3H10N4O. The van der Waals surface area contributed by atoms with Crippen molar-refractivity contribution >= 4 is 0 Å². The second-order valence-electron chi connectivity index (χ2n) is 1.62. The first-order chi connectivity index (χ1) is 3.93. The highest BCUT2D eigenvalue weighted by molar-refractivity contribution is 4.53. The standard InChI is InChI=1S/C3H10N4O/c4-8-6-7-3-1-2-5-7/h5-6H,1-4H2. The van der Waals surface area contributed by atoms with Gasteiger partial charge in [0.2, 0.25) is 0 Å². The number of nitrogens with one attached hydrogen (secondary N) is 2. The number of rotatable bonds is 2. The summed E-state index contributed by atoms with van der Waals surface area (Å²) in [7, 11) is 0. The van der Waals surface area contributed by atoms with Gasteiger partial charge in [0.15, 0.2) is 0 Å². The zero-order valence-electron chi connectivity index (χ0n) is 4.55. The third-order valence-corrected chi connectivity index (χ3v) is 1.02. The van der Waals surface area contributed by atoms with E-state index in [0.717, 1.165) is 19.5 Å². The van der Waals surface area contributed by atoms with Crippen LogP contribution in [0.25, 0.3) is 0 Å². The summed E-state index contributed by atoms with van der Waals surface area (Å²) < 4.78 is 0. The molecule has 1 rings (SSSR count).